The third-order valence-corrected chi connectivity index (χ3v) is 2.53. The molecule has 1 aliphatic heterocycles. The van der Waals surface area contributed by atoms with Crippen LogP contribution in [0.4, 0.5) is 0 Å². The second-order valence-corrected chi connectivity index (χ2v) is 3.59. The van der Waals surface area contributed by atoms with Crippen LogP contribution in [0.1, 0.15) is 26.2 Å². The minimum atomic E-state index is 0.398. The highest BCUT2D eigenvalue weighted by molar-refractivity contribution is 5.77. The molecule has 3 heteroatoms. The van der Waals surface area contributed by atoms with E-state index in [2.05, 4.69) is 10.2 Å². The van der Waals surface area contributed by atoms with Crippen molar-refractivity contribution in [3.63, 3.8) is 0 Å². The average molecular weight is 184 g/mol. The number of carbonyl (C=O) groups is 1. The minimum Gasteiger partial charge on any atom is -0.314 e. The van der Waals surface area contributed by atoms with Crippen LogP contribution < -0.4 is 5.32 Å². The predicted octanol–water partition coefficient (Wildman–Crippen LogP) is 0.651. The van der Waals surface area contributed by atoms with Gasteiger partial charge in [0.15, 0.2) is 0 Å². The molecule has 0 aromatic rings. The standard InChI is InChI=1S/C10H20N2O/c1-2-10(13)4-3-7-12-8-5-11-6-9-12/h11H,2-9H2,1H3. The molecule has 0 unspecified atom stereocenters. The number of rotatable bonds is 5. The lowest BCUT2D eigenvalue weighted by Crippen LogP contribution is -2.43. The topological polar surface area (TPSA) is 32.3 Å². The molecule has 0 bridgehead atoms. The molecule has 0 aromatic carbocycles. The Morgan fingerprint density at radius 3 is 2.69 bits per heavy atom. The van der Waals surface area contributed by atoms with E-state index in [1.807, 2.05) is 6.92 Å². The van der Waals surface area contributed by atoms with Gasteiger partial charge in [0.25, 0.3) is 0 Å². The Morgan fingerprint density at radius 1 is 1.38 bits per heavy atom. The second-order valence-electron chi connectivity index (χ2n) is 3.59. The van der Waals surface area contributed by atoms with Gasteiger partial charge in [-0.25, -0.2) is 0 Å². The van der Waals surface area contributed by atoms with Crippen LogP contribution in [-0.2, 0) is 4.79 Å². The molecular formula is C10H20N2O. The zero-order valence-corrected chi connectivity index (χ0v) is 8.51. The molecule has 13 heavy (non-hydrogen) atoms. The largest absolute Gasteiger partial charge is 0.314 e. The lowest BCUT2D eigenvalue weighted by Gasteiger charge is -2.26. The first-order valence-corrected chi connectivity index (χ1v) is 5.27. The van der Waals surface area contributed by atoms with Crippen LogP contribution in [0.15, 0.2) is 0 Å². The van der Waals surface area contributed by atoms with E-state index in [0.717, 1.165) is 45.6 Å². The molecule has 0 aromatic heterocycles. The summed E-state index contributed by atoms with van der Waals surface area (Å²) in [6.07, 6.45) is 2.49. The Bertz CT molecular complexity index is 153. The van der Waals surface area contributed by atoms with Crippen molar-refractivity contribution in [1.29, 1.82) is 0 Å². The monoisotopic (exact) mass is 184 g/mol. The molecule has 0 spiro atoms. The first-order valence-electron chi connectivity index (χ1n) is 5.27. The van der Waals surface area contributed by atoms with Crippen molar-refractivity contribution < 1.29 is 4.79 Å². The number of piperazine rings is 1. The molecule has 3 nitrogen and oxygen atoms in total. The molecule has 0 aliphatic carbocycles. The van der Waals surface area contributed by atoms with Crippen molar-refractivity contribution in [3.05, 3.63) is 0 Å². The van der Waals surface area contributed by atoms with Gasteiger partial charge in [-0.2, -0.15) is 0 Å². The van der Waals surface area contributed by atoms with Crippen molar-refractivity contribution in [2.24, 2.45) is 0 Å². The third-order valence-electron chi connectivity index (χ3n) is 2.53. The summed E-state index contributed by atoms with van der Waals surface area (Å²) in [5.41, 5.74) is 0. The van der Waals surface area contributed by atoms with E-state index in [4.69, 9.17) is 0 Å². The van der Waals surface area contributed by atoms with E-state index in [1.54, 1.807) is 0 Å². The van der Waals surface area contributed by atoms with Crippen LogP contribution in [0.25, 0.3) is 0 Å². The molecule has 0 saturated carbocycles. The Kier molecular flexibility index (Phi) is 5.01. The number of hydrogen-bond donors (Lipinski definition) is 1. The maximum absolute atomic E-state index is 11.0. The summed E-state index contributed by atoms with van der Waals surface area (Å²) in [7, 11) is 0. The first-order chi connectivity index (χ1) is 6.33. The number of Topliss-reactive ketones (excluding diaryl/α,β-unsaturated/α-hetero) is 1. The fourth-order valence-electron chi connectivity index (χ4n) is 1.61. The zero-order chi connectivity index (χ0) is 9.52. The van der Waals surface area contributed by atoms with Gasteiger partial charge in [-0.1, -0.05) is 6.92 Å². The highest BCUT2D eigenvalue weighted by Gasteiger charge is 2.08. The van der Waals surface area contributed by atoms with Crippen LogP contribution in [0.2, 0.25) is 0 Å². The van der Waals surface area contributed by atoms with Crippen LogP contribution in [-0.4, -0.2) is 43.4 Å². The first kappa shape index (κ1) is 10.7. The van der Waals surface area contributed by atoms with Crippen molar-refractivity contribution in [3.8, 4) is 0 Å². The predicted molar refractivity (Wildman–Crippen MR) is 53.8 cm³/mol. The molecule has 1 aliphatic rings. The fraction of sp³-hybridized carbons (Fsp3) is 0.900. The summed E-state index contributed by atoms with van der Waals surface area (Å²) in [6, 6.07) is 0. The summed E-state index contributed by atoms with van der Waals surface area (Å²) < 4.78 is 0. The van der Waals surface area contributed by atoms with Gasteiger partial charge in [0.1, 0.15) is 5.78 Å². The molecule has 1 rings (SSSR count). The normalized spacial score (nSPS) is 18.8. The van der Waals surface area contributed by atoms with Crippen molar-refractivity contribution in [1.82, 2.24) is 10.2 Å². The lowest BCUT2D eigenvalue weighted by molar-refractivity contribution is -0.118. The van der Waals surface area contributed by atoms with Gasteiger partial charge < -0.3 is 10.2 Å². The number of carbonyl (C=O) groups excluding carboxylic acids is 1. The van der Waals surface area contributed by atoms with E-state index >= 15 is 0 Å². The fourth-order valence-corrected chi connectivity index (χ4v) is 1.61. The number of ketones is 1. The lowest BCUT2D eigenvalue weighted by atomic mass is 10.2. The Morgan fingerprint density at radius 2 is 2.08 bits per heavy atom. The van der Waals surface area contributed by atoms with Gasteiger partial charge in [-0.3, -0.25) is 4.79 Å². The molecule has 0 radical (unpaired) electrons. The second kappa shape index (κ2) is 6.11. The van der Waals surface area contributed by atoms with Crippen molar-refractivity contribution >= 4 is 5.78 Å². The van der Waals surface area contributed by atoms with Crippen LogP contribution in [0.3, 0.4) is 0 Å². The van der Waals surface area contributed by atoms with E-state index in [0.29, 0.717) is 12.2 Å². The minimum absolute atomic E-state index is 0.398. The highest BCUT2D eigenvalue weighted by Crippen LogP contribution is 1.99. The summed E-state index contributed by atoms with van der Waals surface area (Å²) in [4.78, 5) is 13.5. The van der Waals surface area contributed by atoms with E-state index in [9.17, 15) is 4.79 Å². The van der Waals surface area contributed by atoms with Gasteiger partial charge in [-0.05, 0) is 13.0 Å². The zero-order valence-electron chi connectivity index (χ0n) is 8.51. The van der Waals surface area contributed by atoms with Crippen molar-refractivity contribution in [2.45, 2.75) is 26.2 Å². The maximum Gasteiger partial charge on any atom is 0.132 e. The molecular weight excluding hydrogens is 164 g/mol. The van der Waals surface area contributed by atoms with E-state index in [-0.39, 0.29) is 0 Å². The number of nitrogens with zero attached hydrogens (tertiary/aromatic N) is 1. The molecule has 1 fully saturated rings. The Labute approximate surface area is 80.5 Å². The molecule has 1 N–H and O–H groups in total. The van der Waals surface area contributed by atoms with E-state index < -0.39 is 0 Å². The maximum atomic E-state index is 11.0. The SMILES string of the molecule is CCC(=O)CCCN1CCNCC1. The van der Waals surface area contributed by atoms with Crippen molar-refractivity contribution in [2.75, 3.05) is 32.7 Å². The van der Waals surface area contributed by atoms with Gasteiger partial charge in [0, 0.05) is 39.0 Å². The summed E-state index contributed by atoms with van der Waals surface area (Å²) in [6.45, 7) is 7.50. The number of hydrogen-bond acceptors (Lipinski definition) is 3. The number of nitrogens with one attached hydrogen (secondary N) is 1. The third kappa shape index (κ3) is 4.39. The molecule has 1 heterocycles. The van der Waals surface area contributed by atoms with Crippen LogP contribution in [0, 0.1) is 0 Å². The van der Waals surface area contributed by atoms with Gasteiger partial charge in [-0.15, -0.1) is 0 Å². The summed E-state index contributed by atoms with van der Waals surface area (Å²) in [5.74, 6) is 0.398. The van der Waals surface area contributed by atoms with Crippen LogP contribution >= 0.6 is 0 Å². The Hall–Kier alpha value is -0.410. The molecule has 0 amide bonds. The van der Waals surface area contributed by atoms with E-state index in [1.165, 1.54) is 0 Å². The highest BCUT2D eigenvalue weighted by atomic mass is 16.1. The van der Waals surface area contributed by atoms with Crippen LogP contribution in [0.5, 0.6) is 0 Å². The van der Waals surface area contributed by atoms with Gasteiger partial charge >= 0.3 is 0 Å². The van der Waals surface area contributed by atoms with Gasteiger partial charge in [0.05, 0.1) is 0 Å². The summed E-state index contributed by atoms with van der Waals surface area (Å²) in [5, 5.41) is 3.32. The average Bonchev–Trinajstić information content (AvgIpc) is 2.19. The molecule has 76 valence electrons. The summed E-state index contributed by atoms with van der Waals surface area (Å²) >= 11 is 0. The quantitative estimate of drug-likeness (QED) is 0.681. The smallest absolute Gasteiger partial charge is 0.132 e. The Balaban J connectivity index is 2.01. The van der Waals surface area contributed by atoms with Gasteiger partial charge in [0.2, 0.25) is 0 Å². The molecule has 0 atom stereocenters. The molecule has 1 saturated heterocycles.